The molecule has 0 saturated carbocycles. The lowest BCUT2D eigenvalue weighted by atomic mass is 10.1. The van der Waals surface area contributed by atoms with Gasteiger partial charge in [0.05, 0.1) is 11.9 Å². The Labute approximate surface area is 162 Å². The number of benzene rings is 2. The summed E-state index contributed by atoms with van der Waals surface area (Å²) in [5.74, 6) is -0.478. The molecule has 0 aliphatic carbocycles. The molecule has 3 rings (SSSR count). The van der Waals surface area contributed by atoms with Gasteiger partial charge < -0.3 is 10.6 Å². The molecular formula is C21H19ClFN3O. The maximum atomic E-state index is 12.9. The molecule has 0 unspecified atom stereocenters. The van der Waals surface area contributed by atoms with E-state index < -0.39 is 0 Å². The van der Waals surface area contributed by atoms with Crippen LogP contribution in [0, 0.1) is 5.82 Å². The normalized spacial score (nSPS) is 10.4. The second-order valence-corrected chi connectivity index (χ2v) is 6.48. The van der Waals surface area contributed by atoms with Crippen LogP contribution in [0.4, 0.5) is 10.1 Å². The molecule has 4 nitrogen and oxygen atoms in total. The van der Waals surface area contributed by atoms with Crippen LogP contribution in [-0.4, -0.2) is 17.4 Å². The molecule has 1 amide bonds. The lowest BCUT2D eigenvalue weighted by molar-refractivity contribution is 0.0949. The van der Waals surface area contributed by atoms with Crippen LogP contribution in [0.1, 0.15) is 21.6 Å². The molecule has 0 aliphatic rings. The van der Waals surface area contributed by atoms with E-state index in [-0.39, 0.29) is 11.7 Å². The van der Waals surface area contributed by atoms with Gasteiger partial charge in [0.25, 0.3) is 5.91 Å². The minimum Gasteiger partial charge on any atom is -0.380 e. The van der Waals surface area contributed by atoms with E-state index in [1.807, 2.05) is 24.3 Å². The second-order valence-electron chi connectivity index (χ2n) is 6.05. The fourth-order valence-electron chi connectivity index (χ4n) is 2.54. The Morgan fingerprint density at radius 3 is 2.56 bits per heavy atom. The molecule has 2 N–H and O–H groups in total. The number of hydrogen-bond acceptors (Lipinski definition) is 3. The lowest BCUT2D eigenvalue weighted by Gasteiger charge is -2.08. The van der Waals surface area contributed by atoms with Crippen LogP contribution in [-0.2, 0) is 13.0 Å². The van der Waals surface area contributed by atoms with E-state index in [9.17, 15) is 9.18 Å². The van der Waals surface area contributed by atoms with Crippen molar-refractivity contribution >= 4 is 23.2 Å². The van der Waals surface area contributed by atoms with Gasteiger partial charge in [-0.2, -0.15) is 0 Å². The fraction of sp³-hybridized carbons (Fsp3) is 0.143. The van der Waals surface area contributed by atoms with E-state index in [2.05, 4.69) is 15.6 Å². The molecule has 0 spiro atoms. The van der Waals surface area contributed by atoms with Gasteiger partial charge in [-0.25, -0.2) is 9.37 Å². The Bertz CT molecular complexity index is 898. The molecule has 0 radical (unpaired) electrons. The van der Waals surface area contributed by atoms with Gasteiger partial charge in [-0.1, -0.05) is 35.9 Å². The van der Waals surface area contributed by atoms with Gasteiger partial charge in [0, 0.05) is 18.1 Å². The quantitative estimate of drug-likeness (QED) is 0.633. The van der Waals surface area contributed by atoms with Gasteiger partial charge in [0.15, 0.2) is 0 Å². The molecule has 1 heterocycles. The summed E-state index contributed by atoms with van der Waals surface area (Å²) in [7, 11) is 0. The number of amides is 1. The van der Waals surface area contributed by atoms with Gasteiger partial charge in [-0.05, 0) is 53.9 Å². The molecule has 138 valence electrons. The molecule has 0 aliphatic heterocycles. The first-order valence-corrected chi connectivity index (χ1v) is 8.95. The summed E-state index contributed by atoms with van der Waals surface area (Å²) >= 11 is 5.95. The Morgan fingerprint density at radius 2 is 1.85 bits per heavy atom. The van der Waals surface area contributed by atoms with Crippen molar-refractivity contribution in [3.63, 3.8) is 0 Å². The smallest absolute Gasteiger partial charge is 0.269 e. The van der Waals surface area contributed by atoms with Crippen molar-refractivity contribution < 1.29 is 9.18 Å². The van der Waals surface area contributed by atoms with Crippen molar-refractivity contribution in [1.29, 1.82) is 0 Å². The van der Waals surface area contributed by atoms with Gasteiger partial charge in [-0.15, -0.1) is 0 Å². The standard InChI is InChI=1S/C21H19ClFN3O/c22-17-3-1-2-15(12-17)10-11-24-21(27)20-9-8-19(14-26-20)25-13-16-4-6-18(23)7-5-16/h1-9,12,14,25H,10-11,13H2,(H,24,27). The SMILES string of the molecule is O=C(NCCc1cccc(Cl)c1)c1ccc(NCc2ccc(F)cc2)cn1. The highest BCUT2D eigenvalue weighted by molar-refractivity contribution is 6.30. The topological polar surface area (TPSA) is 54.0 Å². The van der Waals surface area contributed by atoms with Crippen molar-refractivity contribution in [3.8, 4) is 0 Å². The number of nitrogens with zero attached hydrogens (tertiary/aromatic N) is 1. The summed E-state index contributed by atoms with van der Waals surface area (Å²) in [6.07, 6.45) is 2.30. The Hall–Kier alpha value is -2.92. The Morgan fingerprint density at radius 1 is 1.04 bits per heavy atom. The van der Waals surface area contributed by atoms with Gasteiger partial charge in [0.2, 0.25) is 0 Å². The van der Waals surface area contributed by atoms with Crippen molar-refractivity contribution in [2.75, 3.05) is 11.9 Å². The zero-order valence-electron chi connectivity index (χ0n) is 14.6. The van der Waals surface area contributed by atoms with E-state index in [0.717, 1.165) is 16.8 Å². The Kier molecular flexibility index (Phi) is 6.39. The van der Waals surface area contributed by atoms with Crippen LogP contribution in [0.25, 0.3) is 0 Å². The zero-order valence-corrected chi connectivity index (χ0v) is 15.3. The number of hydrogen-bond donors (Lipinski definition) is 2. The molecule has 6 heteroatoms. The maximum absolute atomic E-state index is 12.9. The third-order valence-electron chi connectivity index (χ3n) is 3.99. The number of nitrogens with one attached hydrogen (secondary N) is 2. The maximum Gasteiger partial charge on any atom is 0.269 e. The lowest BCUT2D eigenvalue weighted by Crippen LogP contribution is -2.26. The van der Waals surface area contributed by atoms with E-state index in [1.165, 1.54) is 12.1 Å². The monoisotopic (exact) mass is 383 g/mol. The Balaban J connectivity index is 1.47. The van der Waals surface area contributed by atoms with Crippen LogP contribution in [0.5, 0.6) is 0 Å². The molecule has 2 aromatic carbocycles. The van der Waals surface area contributed by atoms with Gasteiger partial charge in [-0.3, -0.25) is 4.79 Å². The molecule has 0 atom stereocenters. The van der Waals surface area contributed by atoms with Crippen LogP contribution in [0.2, 0.25) is 5.02 Å². The summed E-state index contributed by atoms with van der Waals surface area (Å²) in [6, 6.07) is 17.3. The highest BCUT2D eigenvalue weighted by atomic mass is 35.5. The first kappa shape index (κ1) is 18.9. The summed E-state index contributed by atoms with van der Waals surface area (Å²) in [4.78, 5) is 16.4. The minimum atomic E-state index is -0.258. The molecule has 3 aromatic rings. The van der Waals surface area contributed by atoms with Crippen LogP contribution < -0.4 is 10.6 Å². The highest BCUT2D eigenvalue weighted by Crippen LogP contribution is 2.11. The molecule has 0 bridgehead atoms. The minimum absolute atomic E-state index is 0.220. The number of aromatic nitrogens is 1. The number of rotatable bonds is 7. The zero-order chi connectivity index (χ0) is 19.1. The third-order valence-corrected chi connectivity index (χ3v) is 4.23. The summed E-state index contributed by atoms with van der Waals surface area (Å²) in [5, 5.41) is 6.72. The number of carbonyl (C=O) groups is 1. The fourth-order valence-corrected chi connectivity index (χ4v) is 2.76. The van der Waals surface area contributed by atoms with E-state index in [1.54, 1.807) is 30.5 Å². The average Bonchev–Trinajstić information content (AvgIpc) is 2.68. The van der Waals surface area contributed by atoms with Crippen LogP contribution in [0.15, 0.2) is 66.9 Å². The molecule has 1 aromatic heterocycles. The summed E-state index contributed by atoms with van der Waals surface area (Å²) in [6.45, 7) is 1.05. The van der Waals surface area contributed by atoms with Crippen molar-refractivity contribution in [1.82, 2.24) is 10.3 Å². The van der Waals surface area contributed by atoms with Crippen molar-refractivity contribution in [2.45, 2.75) is 13.0 Å². The van der Waals surface area contributed by atoms with Crippen molar-refractivity contribution in [2.24, 2.45) is 0 Å². The molecule has 0 fully saturated rings. The number of carbonyl (C=O) groups excluding carboxylic acids is 1. The largest absolute Gasteiger partial charge is 0.380 e. The van der Waals surface area contributed by atoms with Crippen LogP contribution >= 0.6 is 11.6 Å². The molecule has 27 heavy (non-hydrogen) atoms. The predicted molar refractivity (Wildman–Crippen MR) is 105 cm³/mol. The number of pyridine rings is 1. The number of halogens is 2. The molecule has 0 saturated heterocycles. The van der Waals surface area contributed by atoms with Crippen LogP contribution in [0.3, 0.4) is 0 Å². The first-order chi connectivity index (χ1) is 13.1. The average molecular weight is 384 g/mol. The first-order valence-electron chi connectivity index (χ1n) is 8.57. The summed E-state index contributed by atoms with van der Waals surface area (Å²) in [5.41, 5.74) is 3.17. The van der Waals surface area contributed by atoms with Crippen molar-refractivity contribution in [3.05, 3.63) is 94.5 Å². The van der Waals surface area contributed by atoms with E-state index in [0.29, 0.717) is 30.2 Å². The summed E-state index contributed by atoms with van der Waals surface area (Å²) < 4.78 is 12.9. The second kappa shape index (κ2) is 9.14. The number of anilines is 1. The molecular weight excluding hydrogens is 365 g/mol. The van der Waals surface area contributed by atoms with E-state index in [4.69, 9.17) is 11.6 Å². The van der Waals surface area contributed by atoms with E-state index >= 15 is 0 Å². The van der Waals surface area contributed by atoms with Gasteiger partial charge in [0.1, 0.15) is 11.5 Å². The van der Waals surface area contributed by atoms with Gasteiger partial charge >= 0.3 is 0 Å². The predicted octanol–water partition coefficient (Wildman–Crippen LogP) is 4.46. The third kappa shape index (κ3) is 5.79. The highest BCUT2D eigenvalue weighted by Gasteiger charge is 2.07.